The van der Waals surface area contributed by atoms with E-state index in [0.29, 0.717) is 0 Å². The van der Waals surface area contributed by atoms with E-state index in [0.717, 1.165) is 24.0 Å². The monoisotopic (exact) mass is 312 g/mol. The molecular weight excluding hydrogens is 280 g/mol. The zero-order valence-electron chi connectivity index (χ0n) is 14.7. The summed E-state index contributed by atoms with van der Waals surface area (Å²) in [5.41, 5.74) is 3.23. The summed E-state index contributed by atoms with van der Waals surface area (Å²) in [6.07, 6.45) is 18.1. The summed E-state index contributed by atoms with van der Waals surface area (Å²) in [7, 11) is 1.74. The fourth-order valence-corrected chi connectivity index (χ4v) is 4.54. The maximum Gasteiger partial charge on any atom is 0.118 e. The molecule has 0 radical (unpaired) electrons. The molecule has 1 aromatic rings. The smallest absolute Gasteiger partial charge is 0.118 e. The molecule has 0 amide bonds. The van der Waals surface area contributed by atoms with Crippen molar-refractivity contribution >= 4 is 0 Å². The standard InChI is InChI=1S/C22H32O/c1-23-21-15-12-18(13-16-21)14-17-22(19-8-4-2-5-9-19)20-10-6-3-7-11-20/h12-13,15-17,19-20H,2-11,14H2,1H3. The van der Waals surface area contributed by atoms with Crippen LogP contribution in [0.3, 0.4) is 0 Å². The normalized spacial score (nSPS) is 20.2. The Labute approximate surface area is 142 Å². The second kappa shape index (κ2) is 8.57. The minimum absolute atomic E-state index is 0.880. The predicted molar refractivity (Wildman–Crippen MR) is 97.9 cm³/mol. The van der Waals surface area contributed by atoms with Gasteiger partial charge in [0.2, 0.25) is 0 Å². The van der Waals surface area contributed by atoms with Gasteiger partial charge in [0.15, 0.2) is 0 Å². The minimum atomic E-state index is 0.880. The van der Waals surface area contributed by atoms with Crippen LogP contribution < -0.4 is 4.74 Å². The van der Waals surface area contributed by atoms with Crippen LogP contribution >= 0.6 is 0 Å². The van der Waals surface area contributed by atoms with Crippen molar-refractivity contribution in [2.45, 2.75) is 70.6 Å². The fourth-order valence-electron chi connectivity index (χ4n) is 4.54. The molecule has 2 fully saturated rings. The lowest BCUT2D eigenvalue weighted by atomic mass is 9.73. The molecule has 0 saturated heterocycles. The summed E-state index contributed by atoms with van der Waals surface area (Å²) >= 11 is 0. The summed E-state index contributed by atoms with van der Waals surface area (Å²) in [6, 6.07) is 8.61. The summed E-state index contributed by atoms with van der Waals surface area (Å²) in [5, 5.41) is 0. The van der Waals surface area contributed by atoms with Gasteiger partial charge < -0.3 is 4.74 Å². The second-order valence-corrected chi connectivity index (χ2v) is 7.43. The predicted octanol–water partition coefficient (Wildman–Crippen LogP) is 6.32. The first-order valence-electron chi connectivity index (χ1n) is 9.69. The third kappa shape index (κ3) is 4.62. The summed E-state index contributed by atoms with van der Waals surface area (Å²) < 4.78 is 5.27. The number of methoxy groups -OCH3 is 1. The zero-order valence-corrected chi connectivity index (χ0v) is 14.7. The molecule has 1 aromatic carbocycles. The van der Waals surface area contributed by atoms with Crippen molar-refractivity contribution in [2.75, 3.05) is 7.11 Å². The molecule has 2 aliphatic carbocycles. The van der Waals surface area contributed by atoms with Gasteiger partial charge in [-0.1, -0.05) is 62.3 Å². The number of hydrogen-bond acceptors (Lipinski definition) is 1. The molecule has 0 bridgehead atoms. The number of benzene rings is 1. The third-order valence-electron chi connectivity index (χ3n) is 5.89. The van der Waals surface area contributed by atoms with E-state index in [-0.39, 0.29) is 0 Å². The molecule has 1 heteroatoms. The van der Waals surface area contributed by atoms with Crippen LogP contribution in [0.5, 0.6) is 5.75 Å². The van der Waals surface area contributed by atoms with E-state index >= 15 is 0 Å². The lowest BCUT2D eigenvalue weighted by molar-refractivity contribution is 0.325. The highest BCUT2D eigenvalue weighted by Gasteiger charge is 2.25. The van der Waals surface area contributed by atoms with Crippen LogP contribution in [0.25, 0.3) is 0 Å². The molecule has 3 rings (SSSR count). The minimum Gasteiger partial charge on any atom is -0.497 e. The molecule has 1 nitrogen and oxygen atoms in total. The Balaban J connectivity index is 1.72. The highest BCUT2D eigenvalue weighted by atomic mass is 16.5. The summed E-state index contributed by atoms with van der Waals surface area (Å²) in [4.78, 5) is 0. The van der Waals surface area contributed by atoms with Crippen LogP contribution in [0.4, 0.5) is 0 Å². The van der Waals surface area contributed by atoms with E-state index in [4.69, 9.17) is 4.74 Å². The summed E-state index contributed by atoms with van der Waals surface area (Å²) in [5.74, 6) is 2.72. The van der Waals surface area contributed by atoms with E-state index in [2.05, 4.69) is 30.3 Å². The molecule has 2 aliphatic rings. The van der Waals surface area contributed by atoms with E-state index < -0.39 is 0 Å². The van der Waals surface area contributed by atoms with Crippen molar-refractivity contribution in [3.63, 3.8) is 0 Å². The molecule has 0 unspecified atom stereocenters. The van der Waals surface area contributed by atoms with Gasteiger partial charge in [0, 0.05) is 0 Å². The largest absolute Gasteiger partial charge is 0.497 e. The van der Waals surface area contributed by atoms with Crippen LogP contribution in [0.15, 0.2) is 35.9 Å². The van der Waals surface area contributed by atoms with E-state index in [1.807, 2.05) is 5.57 Å². The number of ether oxygens (including phenoxy) is 1. The van der Waals surface area contributed by atoms with Crippen LogP contribution in [-0.4, -0.2) is 7.11 Å². The van der Waals surface area contributed by atoms with Gasteiger partial charge in [-0.25, -0.2) is 0 Å². The average Bonchev–Trinajstić information content (AvgIpc) is 2.64. The van der Waals surface area contributed by atoms with Crippen molar-refractivity contribution in [2.24, 2.45) is 11.8 Å². The lowest BCUT2D eigenvalue weighted by Gasteiger charge is -2.32. The number of rotatable bonds is 5. The Morgan fingerprint density at radius 1 is 0.870 bits per heavy atom. The average molecular weight is 312 g/mol. The van der Waals surface area contributed by atoms with Crippen molar-refractivity contribution in [3.8, 4) is 5.75 Å². The molecule has 2 saturated carbocycles. The number of allylic oxidation sites excluding steroid dienone is 2. The van der Waals surface area contributed by atoms with Gasteiger partial charge in [0.05, 0.1) is 7.11 Å². The number of hydrogen-bond donors (Lipinski definition) is 0. The van der Waals surface area contributed by atoms with Gasteiger partial charge in [-0.2, -0.15) is 0 Å². The van der Waals surface area contributed by atoms with Crippen LogP contribution in [-0.2, 0) is 6.42 Å². The van der Waals surface area contributed by atoms with Crippen molar-refractivity contribution in [1.29, 1.82) is 0 Å². The fraction of sp³-hybridized carbons (Fsp3) is 0.636. The quantitative estimate of drug-likeness (QED) is 0.578. The van der Waals surface area contributed by atoms with Crippen LogP contribution in [0.2, 0.25) is 0 Å². The van der Waals surface area contributed by atoms with Crippen LogP contribution in [0.1, 0.15) is 69.8 Å². The van der Waals surface area contributed by atoms with Crippen molar-refractivity contribution < 1.29 is 4.74 Å². The molecule has 126 valence electrons. The highest BCUT2D eigenvalue weighted by Crippen LogP contribution is 2.39. The highest BCUT2D eigenvalue weighted by molar-refractivity contribution is 5.29. The Hall–Kier alpha value is -1.24. The third-order valence-corrected chi connectivity index (χ3v) is 5.89. The molecule has 0 atom stereocenters. The van der Waals surface area contributed by atoms with Gasteiger partial charge in [0.25, 0.3) is 0 Å². The first kappa shape index (κ1) is 16.6. The van der Waals surface area contributed by atoms with Crippen molar-refractivity contribution in [1.82, 2.24) is 0 Å². The molecule has 0 N–H and O–H groups in total. The maximum absolute atomic E-state index is 5.27. The topological polar surface area (TPSA) is 9.23 Å². The van der Waals surface area contributed by atoms with Gasteiger partial charge in [-0.05, 0) is 61.6 Å². The van der Waals surface area contributed by atoms with E-state index in [1.54, 1.807) is 7.11 Å². The molecular formula is C22H32O. The summed E-state index contributed by atoms with van der Waals surface area (Å²) in [6.45, 7) is 0. The maximum atomic E-state index is 5.27. The molecule has 0 spiro atoms. The zero-order chi connectivity index (χ0) is 15.9. The van der Waals surface area contributed by atoms with Gasteiger partial charge in [-0.3, -0.25) is 0 Å². The van der Waals surface area contributed by atoms with Gasteiger partial charge in [0.1, 0.15) is 5.75 Å². The van der Waals surface area contributed by atoms with Gasteiger partial charge >= 0.3 is 0 Å². The van der Waals surface area contributed by atoms with E-state index in [9.17, 15) is 0 Å². The first-order chi connectivity index (χ1) is 11.4. The van der Waals surface area contributed by atoms with Gasteiger partial charge in [-0.15, -0.1) is 0 Å². The second-order valence-electron chi connectivity index (χ2n) is 7.43. The Bertz CT molecular complexity index is 467. The first-order valence-corrected chi connectivity index (χ1v) is 9.69. The van der Waals surface area contributed by atoms with E-state index in [1.165, 1.54) is 69.8 Å². The Kier molecular flexibility index (Phi) is 6.19. The lowest BCUT2D eigenvalue weighted by Crippen LogP contribution is -2.19. The Morgan fingerprint density at radius 2 is 1.39 bits per heavy atom. The molecule has 0 aliphatic heterocycles. The SMILES string of the molecule is COc1ccc(CC=C(C2CCCCC2)C2CCCCC2)cc1. The Morgan fingerprint density at radius 3 is 1.87 bits per heavy atom. The molecule has 0 aromatic heterocycles. The van der Waals surface area contributed by atoms with Crippen LogP contribution in [0, 0.1) is 11.8 Å². The molecule has 0 heterocycles. The molecule has 23 heavy (non-hydrogen) atoms. The van der Waals surface area contributed by atoms with Crippen molar-refractivity contribution in [3.05, 3.63) is 41.5 Å².